The summed E-state index contributed by atoms with van der Waals surface area (Å²) in [6, 6.07) is 17.2. The summed E-state index contributed by atoms with van der Waals surface area (Å²) in [6.45, 7) is 0. The third-order valence-electron chi connectivity index (χ3n) is 4.98. The van der Waals surface area contributed by atoms with Crippen LogP contribution in [-0.4, -0.2) is 9.97 Å². The summed E-state index contributed by atoms with van der Waals surface area (Å²) in [5, 5.41) is 6.01. The highest BCUT2D eigenvalue weighted by Crippen LogP contribution is 2.43. The molecule has 0 spiro atoms. The number of nitrogens with zero attached hydrogens (tertiary/aromatic N) is 2. The summed E-state index contributed by atoms with van der Waals surface area (Å²) >= 11 is 1.83. The van der Waals surface area contributed by atoms with Crippen molar-refractivity contribution in [2.24, 2.45) is 0 Å². The van der Waals surface area contributed by atoms with Crippen molar-refractivity contribution in [3.8, 4) is 11.1 Å². The number of thiophene rings is 1. The Morgan fingerprint density at radius 2 is 1.96 bits per heavy atom. The second-order valence-electron chi connectivity index (χ2n) is 6.31. The molecule has 0 N–H and O–H groups in total. The number of fused-ring (bicyclic) bond motifs is 5. The fourth-order valence-corrected chi connectivity index (χ4v) is 4.89. The normalized spacial score (nSPS) is 12.8. The van der Waals surface area contributed by atoms with Crippen LogP contribution in [0.4, 0.5) is 0 Å². The van der Waals surface area contributed by atoms with Gasteiger partial charge in [-0.25, -0.2) is 0 Å². The molecular formula is C21H12N2S. The van der Waals surface area contributed by atoms with Crippen molar-refractivity contribution in [1.82, 2.24) is 9.97 Å². The number of pyridine rings is 2. The topological polar surface area (TPSA) is 25.8 Å². The second kappa shape index (κ2) is 4.40. The molecule has 0 fully saturated rings. The fraction of sp³-hybridized carbons (Fsp3) is 0.0476. The maximum Gasteiger partial charge on any atom is 0.0799 e. The number of hydrogen-bond donors (Lipinski definition) is 0. The summed E-state index contributed by atoms with van der Waals surface area (Å²) in [4.78, 5) is 9.54. The Morgan fingerprint density at radius 3 is 2.96 bits per heavy atom. The number of hydrogen-bond acceptors (Lipinski definition) is 3. The Hall–Kier alpha value is -2.78. The van der Waals surface area contributed by atoms with Gasteiger partial charge in [0.2, 0.25) is 0 Å². The lowest BCUT2D eigenvalue weighted by Gasteiger charge is -2.17. The first-order chi connectivity index (χ1) is 11.9. The Labute approximate surface area is 142 Å². The van der Waals surface area contributed by atoms with Gasteiger partial charge in [-0.3, -0.25) is 9.97 Å². The molecule has 3 aromatic heterocycles. The minimum atomic E-state index is 0.906. The molecule has 6 rings (SSSR count). The quantitative estimate of drug-likeness (QED) is 0.341. The molecule has 0 bridgehead atoms. The summed E-state index contributed by atoms with van der Waals surface area (Å²) in [6.07, 6.45) is 2.74. The highest BCUT2D eigenvalue weighted by atomic mass is 32.1. The van der Waals surface area contributed by atoms with Crippen LogP contribution in [0.2, 0.25) is 0 Å². The molecule has 3 heteroatoms. The summed E-state index contributed by atoms with van der Waals surface area (Å²) in [5.74, 6) is 0. The second-order valence-corrected chi connectivity index (χ2v) is 7.22. The Bertz CT molecular complexity index is 1280. The highest BCUT2D eigenvalue weighted by molar-refractivity contribution is 7.17. The first kappa shape index (κ1) is 12.6. The lowest BCUT2D eigenvalue weighted by molar-refractivity contribution is 1.11. The van der Waals surface area contributed by atoms with E-state index in [1.165, 1.54) is 37.9 Å². The predicted octanol–water partition coefficient (Wildman–Crippen LogP) is 5.57. The van der Waals surface area contributed by atoms with Gasteiger partial charge in [-0.1, -0.05) is 18.2 Å². The van der Waals surface area contributed by atoms with E-state index >= 15 is 0 Å². The lowest BCUT2D eigenvalue weighted by atomic mass is 9.89. The van der Waals surface area contributed by atoms with Crippen LogP contribution in [0.3, 0.4) is 0 Å². The van der Waals surface area contributed by atoms with Gasteiger partial charge in [-0.15, -0.1) is 11.3 Å². The number of aromatic nitrogens is 2. The molecule has 0 saturated carbocycles. The van der Waals surface area contributed by atoms with E-state index in [0.717, 1.165) is 22.8 Å². The van der Waals surface area contributed by atoms with E-state index in [-0.39, 0.29) is 0 Å². The van der Waals surface area contributed by atoms with Crippen LogP contribution in [-0.2, 0) is 6.42 Å². The fourth-order valence-electron chi connectivity index (χ4n) is 3.88. The Morgan fingerprint density at radius 1 is 0.958 bits per heavy atom. The van der Waals surface area contributed by atoms with Crippen molar-refractivity contribution >= 4 is 43.2 Å². The number of rotatable bonds is 0. The van der Waals surface area contributed by atoms with E-state index in [9.17, 15) is 0 Å². The van der Waals surface area contributed by atoms with E-state index in [1.807, 2.05) is 23.6 Å². The molecule has 5 aromatic rings. The predicted molar refractivity (Wildman–Crippen MR) is 101 cm³/mol. The molecule has 0 saturated heterocycles. The largest absolute Gasteiger partial charge is 0.256 e. The van der Waals surface area contributed by atoms with Crippen molar-refractivity contribution in [3.63, 3.8) is 0 Å². The minimum Gasteiger partial charge on any atom is -0.256 e. The smallest absolute Gasteiger partial charge is 0.0799 e. The van der Waals surface area contributed by atoms with E-state index in [0.29, 0.717) is 0 Å². The van der Waals surface area contributed by atoms with Crippen molar-refractivity contribution < 1.29 is 0 Å². The molecule has 0 amide bonds. The maximum atomic E-state index is 5.07. The van der Waals surface area contributed by atoms with Gasteiger partial charge in [0.05, 0.1) is 16.7 Å². The van der Waals surface area contributed by atoms with E-state index < -0.39 is 0 Å². The maximum absolute atomic E-state index is 5.07. The zero-order valence-corrected chi connectivity index (χ0v) is 13.6. The van der Waals surface area contributed by atoms with Crippen LogP contribution in [0.1, 0.15) is 11.3 Å². The molecule has 112 valence electrons. The van der Waals surface area contributed by atoms with E-state index in [1.54, 1.807) is 0 Å². The minimum absolute atomic E-state index is 0.906. The molecule has 0 radical (unpaired) electrons. The van der Waals surface area contributed by atoms with Crippen LogP contribution in [0, 0.1) is 0 Å². The van der Waals surface area contributed by atoms with Crippen molar-refractivity contribution in [1.29, 1.82) is 0 Å². The van der Waals surface area contributed by atoms with Gasteiger partial charge < -0.3 is 0 Å². The van der Waals surface area contributed by atoms with Crippen LogP contribution < -0.4 is 0 Å². The summed E-state index contributed by atoms with van der Waals surface area (Å²) in [7, 11) is 0. The Kier molecular flexibility index (Phi) is 2.31. The first-order valence-electron chi connectivity index (χ1n) is 8.05. The summed E-state index contributed by atoms with van der Waals surface area (Å²) in [5.41, 5.74) is 7.26. The van der Waals surface area contributed by atoms with Crippen LogP contribution in [0.15, 0.2) is 60.1 Å². The molecule has 0 aliphatic heterocycles. The molecule has 2 aromatic carbocycles. The van der Waals surface area contributed by atoms with Gasteiger partial charge in [-0.05, 0) is 41.3 Å². The van der Waals surface area contributed by atoms with Crippen LogP contribution in [0.25, 0.3) is 43.0 Å². The van der Waals surface area contributed by atoms with Gasteiger partial charge in [0.1, 0.15) is 0 Å². The number of benzene rings is 2. The zero-order valence-electron chi connectivity index (χ0n) is 12.8. The molecule has 1 aliphatic rings. The Balaban J connectivity index is 1.76. The van der Waals surface area contributed by atoms with Gasteiger partial charge in [-0.2, -0.15) is 0 Å². The third kappa shape index (κ3) is 1.55. The molecule has 24 heavy (non-hydrogen) atoms. The van der Waals surface area contributed by atoms with E-state index in [2.05, 4.69) is 52.8 Å². The molecule has 3 heterocycles. The average molecular weight is 324 g/mol. The van der Waals surface area contributed by atoms with Crippen LogP contribution >= 0.6 is 11.3 Å². The van der Waals surface area contributed by atoms with E-state index in [4.69, 9.17) is 4.98 Å². The summed E-state index contributed by atoms with van der Waals surface area (Å²) < 4.78 is 1.37. The van der Waals surface area contributed by atoms with Gasteiger partial charge in [0, 0.05) is 44.6 Å². The molecule has 0 atom stereocenters. The molecular weight excluding hydrogens is 312 g/mol. The average Bonchev–Trinajstić information content (AvgIpc) is 3.07. The van der Waals surface area contributed by atoms with Crippen molar-refractivity contribution in [2.45, 2.75) is 6.42 Å². The van der Waals surface area contributed by atoms with Gasteiger partial charge in [0.25, 0.3) is 0 Å². The standard InChI is InChI=1S/C21H12N2S/c1-3-12-10-18-15(16-11-24-19(5-1)20(12)16)9-13-6-7-17-14(21(13)23-18)4-2-8-22-17/h1-9,11H,10H2. The van der Waals surface area contributed by atoms with Crippen molar-refractivity contribution in [3.05, 3.63) is 71.4 Å². The molecule has 1 aliphatic carbocycles. The van der Waals surface area contributed by atoms with Crippen molar-refractivity contribution in [2.75, 3.05) is 0 Å². The van der Waals surface area contributed by atoms with Gasteiger partial charge in [0.15, 0.2) is 0 Å². The third-order valence-corrected chi connectivity index (χ3v) is 5.93. The zero-order chi connectivity index (χ0) is 15.7. The SMILES string of the molecule is c1cc2c3c(csc3c1)-c1cc3ccc4ncccc4c3nc1C2. The first-order valence-corrected chi connectivity index (χ1v) is 8.93. The molecule has 0 unspecified atom stereocenters. The lowest BCUT2D eigenvalue weighted by Crippen LogP contribution is -2.02. The molecule has 2 nitrogen and oxygen atoms in total. The highest BCUT2D eigenvalue weighted by Gasteiger charge is 2.21. The van der Waals surface area contributed by atoms with Crippen LogP contribution in [0.5, 0.6) is 0 Å². The van der Waals surface area contributed by atoms with Gasteiger partial charge >= 0.3 is 0 Å². The monoisotopic (exact) mass is 324 g/mol.